The molecule has 1 aromatic heterocycles. The Morgan fingerprint density at radius 2 is 1.53 bits per heavy atom. The summed E-state index contributed by atoms with van der Waals surface area (Å²) in [5.41, 5.74) is 2.55. The normalized spacial score (nSPS) is 13.5. The van der Waals surface area contributed by atoms with Crippen molar-refractivity contribution in [2.75, 3.05) is 10.6 Å². The molecule has 0 aliphatic rings. The summed E-state index contributed by atoms with van der Waals surface area (Å²) in [6.45, 7) is 8.36. The van der Waals surface area contributed by atoms with Gasteiger partial charge >= 0.3 is 6.18 Å². The second-order valence-electron chi connectivity index (χ2n) is 8.03. The van der Waals surface area contributed by atoms with Gasteiger partial charge in [0.05, 0.1) is 0 Å². The molecular weight excluding hydrogens is 413 g/mol. The molecule has 2 unspecified atom stereocenters. The number of alkyl halides is 3. The Bertz CT molecular complexity index is 1030. The van der Waals surface area contributed by atoms with E-state index < -0.39 is 11.7 Å². The number of hydrogen-bond acceptors (Lipinski definition) is 4. The molecule has 2 N–H and O–H groups in total. The minimum absolute atomic E-state index is 0.0952. The van der Waals surface area contributed by atoms with E-state index >= 15 is 0 Å². The number of anilines is 4. The van der Waals surface area contributed by atoms with Crippen molar-refractivity contribution in [1.29, 1.82) is 0 Å². The molecule has 32 heavy (non-hydrogen) atoms. The molecule has 1 heterocycles. The number of para-hydroxylation sites is 1. The molecule has 3 aromatic rings. The number of benzene rings is 2. The number of nitrogens with one attached hydrogen (secondary N) is 2. The van der Waals surface area contributed by atoms with Gasteiger partial charge in [0.1, 0.15) is 11.4 Å². The van der Waals surface area contributed by atoms with Crippen molar-refractivity contribution in [1.82, 2.24) is 9.97 Å². The van der Waals surface area contributed by atoms with Crippen molar-refractivity contribution < 1.29 is 13.2 Å². The highest BCUT2D eigenvalue weighted by molar-refractivity contribution is 5.66. The fourth-order valence-electron chi connectivity index (χ4n) is 3.39. The largest absolute Gasteiger partial charge is 0.421 e. The maximum atomic E-state index is 13.6. The van der Waals surface area contributed by atoms with E-state index in [1.54, 1.807) is 12.1 Å². The number of hydrogen-bond donors (Lipinski definition) is 2. The van der Waals surface area contributed by atoms with Crippen LogP contribution in [0.5, 0.6) is 0 Å². The molecule has 0 aliphatic heterocycles. The zero-order valence-electron chi connectivity index (χ0n) is 18.8. The first-order chi connectivity index (χ1) is 15.2. The molecule has 0 saturated heterocycles. The van der Waals surface area contributed by atoms with Crippen LogP contribution >= 0.6 is 0 Å². The summed E-state index contributed by atoms with van der Waals surface area (Å²) in [4.78, 5) is 8.08. The molecule has 2 atom stereocenters. The van der Waals surface area contributed by atoms with E-state index in [0.717, 1.165) is 24.6 Å². The lowest BCUT2D eigenvalue weighted by atomic mass is 9.97. The summed E-state index contributed by atoms with van der Waals surface area (Å²) in [6.07, 6.45) is -1.86. The average Bonchev–Trinajstić information content (AvgIpc) is 2.78. The van der Waals surface area contributed by atoms with Crippen LogP contribution in [0.15, 0.2) is 54.7 Å². The predicted molar refractivity (Wildman–Crippen MR) is 124 cm³/mol. The highest BCUT2D eigenvalue weighted by atomic mass is 19.4. The van der Waals surface area contributed by atoms with Crippen LogP contribution in [0, 0.1) is 0 Å². The van der Waals surface area contributed by atoms with Gasteiger partial charge in [0.15, 0.2) is 0 Å². The van der Waals surface area contributed by atoms with E-state index in [-0.39, 0.29) is 17.7 Å². The van der Waals surface area contributed by atoms with Crippen molar-refractivity contribution in [3.63, 3.8) is 0 Å². The van der Waals surface area contributed by atoms with Crippen LogP contribution in [-0.4, -0.2) is 9.97 Å². The topological polar surface area (TPSA) is 49.8 Å². The molecule has 0 aliphatic carbocycles. The summed E-state index contributed by atoms with van der Waals surface area (Å²) in [5.74, 6) is 0.448. The van der Waals surface area contributed by atoms with Crippen LogP contribution < -0.4 is 10.6 Å². The van der Waals surface area contributed by atoms with Crippen molar-refractivity contribution in [2.45, 2.75) is 58.5 Å². The van der Waals surface area contributed by atoms with Gasteiger partial charge in [-0.25, -0.2) is 4.98 Å². The second-order valence-corrected chi connectivity index (χ2v) is 8.03. The Morgan fingerprint density at radius 1 is 0.875 bits per heavy atom. The first-order valence-corrected chi connectivity index (χ1v) is 10.9. The zero-order chi connectivity index (χ0) is 23.3. The van der Waals surface area contributed by atoms with Gasteiger partial charge in [-0.2, -0.15) is 18.2 Å². The number of nitrogens with zero attached hydrogens (tertiary/aromatic N) is 2. The van der Waals surface area contributed by atoms with E-state index in [4.69, 9.17) is 0 Å². The maximum absolute atomic E-state index is 13.6. The molecule has 170 valence electrons. The van der Waals surface area contributed by atoms with Gasteiger partial charge in [0, 0.05) is 17.6 Å². The van der Waals surface area contributed by atoms with Crippen LogP contribution in [0.1, 0.15) is 69.1 Å². The third-order valence-corrected chi connectivity index (χ3v) is 5.80. The first-order valence-electron chi connectivity index (χ1n) is 10.9. The Morgan fingerprint density at radius 3 is 2.16 bits per heavy atom. The molecule has 0 spiro atoms. The molecule has 4 nitrogen and oxygen atoms in total. The fraction of sp³-hybridized carbons (Fsp3) is 0.360. The van der Waals surface area contributed by atoms with Crippen LogP contribution in [0.3, 0.4) is 0 Å². The fourth-order valence-corrected chi connectivity index (χ4v) is 3.39. The van der Waals surface area contributed by atoms with E-state index in [1.807, 2.05) is 50.2 Å². The Kier molecular flexibility index (Phi) is 7.38. The Labute approximate surface area is 187 Å². The van der Waals surface area contributed by atoms with Gasteiger partial charge in [-0.15, -0.1) is 0 Å². The maximum Gasteiger partial charge on any atom is 0.421 e. The highest BCUT2D eigenvalue weighted by Crippen LogP contribution is 2.37. The van der Waals surface area contributed by atoms with Crippen LogP contribution in [0.4, 0.5) is 36.3 Å². The molecule has 0 bridgehead atoms. The lowest BCUT2D eigenvalue weighted by Crippen LogP contribution is -2.13. The number of aromatic nitrogens is 2. The van der Waals surface area contributed by atoms with Crippen LogP contribution in [-0.2, 0) is 6.18 Å². The van der Waals surface area contributed by atoms with Crippen LogP contribution in [0.2, 0.25) is 0 Å². The molecule has 0 fully saturated rings. The van der Waals surface area contributed by atoms with Crippen LogP contribution in [0.25, 0.3) is 0 Å². The molecule has 0 radical (unpaired) electrons. The van der Waals surface area contributed by atoms with E-state index in [0.29, 0.717) is 17.3 Å². The number of halogens is 3. The minimum atomic E-state index is -4.58. The molecular formula is C25H29F3N4. The van der Waals surface area contributed by atoms with Gasteiger partial charge in [-0.1, -0.05) is 58.0 Å². The van der Waals surface area contributed by atoms with Crippen molar-refractivity contribution in [3.8, 4) is 0 Å². The molecule has 0 amide bonds. The summed E-state index contributed by atoms with van der Waals surface area (Å²) >= 11 is 0. The second kappa shape index (κ2) is 10.0. The Balaban J connectivity index is 1.93. The van der Waals surface area contributed by atoms with Gasteiger partial charge < -0.3 is 10.6 Å². The molecule has 3 rings (SSSR count). The van der Waals surface area contributed by atoms with Crippen molar-refractivity contribution in [3.05, 3.63) is 71.4 Å². The van der Waals surface area contributed by atoms with Crippen molar-refractivity contribution >= 4 is 23.1 Å². The lowest BCUT2D eigenvalue weighted by molar-refractivity contribution is -0.137. The van der Waals surface area contributed by atoms with Gasteiger partial charge in [0.25, 0.3) is 0 Å². The molecule has 2 aromatic carbocycles. The van der Waals surface area contributed by atoms with E-state index in [9.17, 15) is 13.2 Å². The highest BCUT2D eigenvalue weighted by Gasteiger charge is 2.35. The minimum Gasteiger partial charge on any atom is -0.339 e. The van der Waals surface area contributed by atoms with E-state index in [2.05, 4.69) is 34.4 Å². The Hall–Kier alpha value is -3.09. The quantitative estimate of drug-likeness (QED) is 0.371. The standard InChI is InChI=1S/C25H29F3N4/c1-5-16(3)18-11-13-19(14-12-18)30-24-29-15-21(25(26,27)28)23(32-24)31-22-10-8-7-9-20(22)17(4)6-2/h7-17H,5-6H2,1-4H3,(H2,29,30,31,32). The summed E-state index contributed by atoms with van der Waals surface area (Å²) in [7, 11) is 0. The lowest BCUT2D eigenvalue weighted by Gasteiger charge is -2.19. The van der Waals surface area contributed by atoms with Crippen molar-refractivity contribution in [2.24, 2.45) is 0 Å². The summed E-state index contributed by atoms with van der Waals surface area (Å²) in [5, 5.41) is 5.92. The monoisotopic (exact) mass is 442 g/mol. The predicted octanol–water partition coefficient (Wildman–Crippen LogP) is 8.01. The summed E-state index contributed by atoms with van der Waals surface area (Å²) < 4.78 is 40.9. The van der Waals surface area contributed by atoms with Gasteiger partial charge in [0.2, 0.25) is 5.95 Å². The van der Waals surface area contributed by atoms with Gasteiger partial charge in [-0.05, 0) is 54.0 Å². The zero-order valence-corrected chi connectivity index (χ0v) is 18.8. The molecule has 0 saturated carbocycles. The van der Waals surface area contributed by atoms with Gasteiger partial charge in [-0.3, -0.25) is 0 Å². The smallest absolute Gasteiger partial charge is 0.339 e. The average molecular weight is 443 g/mol. The SMILES string of the molecule is CCC(C)c1ccc(Nc2ncc(C(F)(F)F)c(Nc3ccccc3C(C)CC)n2)cc1. The number of rotatable bonds is 8. The summed E-state index contributed by atoms with van der Waals surface area (Å²) in [6, 6.07) is 15.1. The third kappa shape index (κ3) is 5.58. The third-order valence-electron chi connectivity index (χ3n) is 5.80. The first kappa shape index (κ1) is 23.6. The molecule has 7 heteroatoms. The van der Waals surface area contributed by atoms with E-state index in [1.165, 1.54) is 5.56 Å².